The molecule has 92 valence electrons. The number of ether oxygens (including phenoxy) is 1. The molecule has 1 aromatic carbocycles. The van der Waals surface area contributed by atoms with Gasteiger partial charge in [0.05, 0.1) is 6.20 Å². The first-order chi connectivity index (χ1) is 8.56. The van der Waals surface area contributed by atoms with Crippen molar-refractivity contribution in [2.75, 3.05) is 0 Å². The highest BCUT2D eigenvalue weighted by atomic mass is 19.1. The van der Waals surface area contributed by atoms with E-state index in [-0.39, 0.29) is 11.6 Å². The van der Waals surface area contributed by atoms with E-state index in [4.69, 9.17) is 4.74 Å². The molecule has 0 aliphatic carbocycles. The Bertz CT molecular complexity index is 579. The summed E-state index contributed by atoms with van der Waals surface area (Å²) in [5, 5.41) is 0. The largest absolute Gasteiger partial charge is 0.456 e. The van der Waals surface area contributed by atoms with Gasteiger partial charge in [0.25, 0.3) is 0 Å². The van der Waals surface area contributed by atoms with Crippen LogP contribution in [0, 0.1) is 12.7 Å². The highest BCUT2D eigenvalue weighted by Crippen LogP contribution is 2.22. The number of ketones is 1. The highest BCUT2D eigenvalue weighted by molar-refractivity contribution is 5.92. The number of benzene rings is 1. The van der Waals surface area contributed by atoms with Crippen LogP contribution in [0.5, 0.6) is 11.5 Å². The van der Waals surface area contributed by atoms with Crippen molar-refractivity contribution in [3.8, 4) is 11.5 Å². The Hall–Kier alpha value is -2.23. The fourth-order valence-electron chi connectivity index (χ4n) is 1.42. The van der Waals surface area contributed by atoms with Crippen LogP contribution < -0.4 is 4.74 Å². The molecule has 0 unspecified atom stereocenters. The first-order valence-electron chi connectivity index (χ1n) is 5.47. The average Bonchev–Trinajstić information content (AvgIpc) is 2.34. The predicted molar refractivity (Wildman–Crippen MR) is 65.5 cm³/mol. The number of halogens is 1. The minimum absolute atomic E-state index is 0.108. The molecule has 1 heterocycles. The van der Waals surface area contributed by atoms with Gasteiger partial charge in [-0.05, 0) is 30.7 Å². The molecule has 0 bridgehead atoms. The van der Waals surface area contributed by atoms with Gasteiger partial charge in [-0.3, -0.25) is 4.79 Å². The van der Waals surface area contributed by atoms with Crippen molar-refractivity contribution in [2.24, 2.45) is 0 Å². The summed E-state index contributed by atoms with van der Waals surface area (Å²) in [6, 6.07) is 7.83. The van der Waals surface area contributed by atoms with Gasteiger partial charge >= 0.3 is 0 Å². The summed E-state index contributed by atoms with van der Waals surface area (Å²) in [6.45, 7) is 3.13. The number of rotatable bonds is 3. The van der Waals surface area contributed by atoms with Crippen LogP contribution in [0.2, 0.25) is 0 Å². The second-order valence-corrected chi connectivity index (χ2v) is 3.95. The van der Waals surface area contributed by atoms with E-state index >= 15 is 0 Å². The van der Waals surface area contributed by atoms with Crippen LogP contribution in [0.15, 0.2) is 36.5 Å². The van der Waals surface area contributed by atoms with Crippen molar-refractivity contribution >= 4 is 5.78 Å². The number of pyridine rings is 1. The first kappa shape index (κ1) is 12.2. The van der Waals surface area contributed by atoms with Crippen LogP contribution in [0.25, 0.3) is 0 Å². The molecule has 3 nitrogen and oxygen atoms in total. The summed E-state index contributed by atoms with van der Waals surface area (Å²) in [4.78, 5) is 15.0. The summed E-state index contributed by atoms with van der Waals surface area (Å²) in [6.07, 6.45) is 1.44. The average molecular weight is 245 g/mol. The van der Waals surface area contributed by atoms with Crippen LogP contribution in [-0.2, 0) is 0 Å². The number of aromatic nitrogens is 1. The second-order valence-electron chi connectivity index (χ2n) is 3.95. The Morgan fingerprint density at radius 2 is 1.94 bits per heavy atom. The molecule has 0 saturated heterocycles. The second kappa shape index (κ2) is 4.96. The minimum atomic E-state index is -0.319. The van der Waals surface area contributed by atoms with Gasteiger partial charge in [0, 0.05) is 13.0 Å². The lowest BCUT2D eigenvalue weighted by Crippen LogP contribution is -1.96. The third-order valence-electron chi connectivity index (χ3n) is 2.48. The van der Waals surface area contributed by atoms with Crippen LogP contribution in [0.1, 0.15) is 23.0 Å². The van der Waals surface area contributed by atoms with Crippen LogP contribution in [0.4, 0.5) is 4.39 Å². The molecule has 0 atom stereocenters. The maximum atomic E-state index is 13.3. The fourth-order valence-corrected chi connectivity index (χ4v) is 1.42. The van der Waals surface area contributed by atoms with Gasteiger partial charge in [0.15, 0.2) is 5.78 Å². The standard InChI is InChI=1S/C14H12FNO2/c1-9-3-4-11(7-13(9)15)18-12-5-6-14(10(2)17)16-8-12/h3-8H,1-2H3. The number of Topliss-reactive ketones (excluding diaryl/α,β-unsaturated/α-hetero) is 1. The van der Waals surface area contributed by atoms with Crippen molar-refractivity contribution < 1.29 is 13.9 Å². The molecule has 1 aromatic heterocycles. The molecule has 2 aromatic rings. The van der Waals surface area contributed by atoms with Gasteiger partial charge in [-0.25, -0.2) is 9.37 Å². The number of carbonyl (C=O) groups is 1. The molecule has 2 rings (SSSR count). The van der Waals surface area contributed by atoms with E-state index in [1.165, 1.54) is 19.2 Å². The summed E-state index contributed by atoms with van der Waals surface area (Å²) in [5.74, 6) is 0.433. The van der Waals surface area contributed by atoms with Gasteiger partial charge in [-0.1, -0.05) is 6.07 Å². The lowest BCUT2D eigenvalue weighted by molar-refractivity contribution is 0.101. The summed E-state index contributed by atoms with van der Waals surface area (Å²) < 4.78 is 18.7. The molecule has 0 radical (unpaired) electrons. The lowest BCUT2D eigenvalue weighted by atomic mass is 10.2. The van der Waals surface area contributed by atoms with Crippen LogP contribution >= 0.6 is 0 Å². The number of hydrogen-bond acceptors (Lipinski definition) is 3. The topological polar surface area (TPSA) is 39.2 Å². The monoisotopic (exact) mass is 245 g/mol. The van der Waals surface area contributed by atoms with Crippen LogP contribution in [0.3, 0.4) is 0 Å². The number of hydrogen-bond donors (Lipinski definition) is 0. The Morgan fingerprint density at radius 3 is 2.50 bits per heavy atom. The van der Waals surface area contributed by atoms with Crippen molar-refractivity contribution in [1.82, 2.24) is 4.98 Å². The normalized spacial score (nSPS) is 10.2. The maximum Gasteiger partial charge on any atom is 0.178 e. The zero-order chi connectivity index (χ0) is 13.1. The third kappa shape index (κ3) is 2.71. The molecule has 18 heavy (non-hydrogen) atoms. The van der Waals surface area contributed by atoms with Crippen molar-refractivity contribution in [3.05, 3.63) is 53.6 Å². The number of carbonyl (C=O) groups excluding carboxylic acids is 1. The summed E-state index contributed by atoms with van der Waals surface area (Å²) >= 11 is 0. The number of nitrogens with zero attached hydrogens (tertiary/aromatic N) is 1. The Balaban J connectivity index is 2.18. The molecular weight excluding hydrogens is 233 g/mol. The SMILES string of the molecule is CC(=O)c1ccc(Oc2ccc(C)c(F)c2)cn1. The van der Waals surface area contributed by atoms with E-state index in [9.17, 15) is 9.18 Å². The molecular formula is C14H12FNO2. The zero-order valence-corrected chi connectivity index (χ0v) is 10.1. The van der Waals surface area contributed by atoms with Gasteiger partial charge in [-0.2, -0.15) is 0 Å². The minimum Gasteiger partial charge on any atom is -0.456 e. The van der Waals surface area contributed by atoms with Crippen LogP contribution in [-0.4, -0.2) is 10.8 Å². The van der Waals surface area contributed by atoms with E-state index in [0.717, 1.165) is 0 Å². The van der Waals surface area contributed by atoms with Gasteiger partial charge in [-0.15, -0.1) is 0 Å². The fraction of sp³-hybridized carbons (Fsp3) is 0.143. The quantitative estimate of drug-likeness (QED) is 0.776. The third-order valence-corrected chi connectivity index (χ3v) is 2.48. The summed E-state index contributed by atoms with van der Waals surface area (Å²) in [7, 11) is 0. The van der Waals surface area contributed by atoms with E-state index in [2.05, 4.69) is 4.98 Å². The van der Waals surface area contributed by atoms with Gasteiger partial charge in [0.1, 0.15) is 23.0 Å². The molecule has 0 fully saturated rings. The molecule has 0 aliphatic heterocycles. The van der Waals surface area contributed by atoms with Gasteiger partial charge in [0.2, 0.25) is 0 Å². The Morgan fingerprint density at radius 1 is 1.22 bits per heavy atom. The van der Waals surface area contributed by atoms with Crippen molar-refractivity contribution in [1.29, 1.82) is 0 Å². The highest BCUT2D eigenvalue weighted by Gasteiger charge is 2.04. The van der Waals surface area contributed by atoms with E-state index in [0.29, 0.717) is 22.8 Å². The van der Waals surface area contributed by atoms with Crippen molar-refractivity contribution in [3.63, 3.8) is 0 Å². The molecule has 0 saturated carbocycles. The lowest BCUT2D eigenvalue weighted by Gasteiger charge is -2.06. The van der Waals surface area contributed by atoms with Crippen molar-refractivity contribution in [2.45, 2.75) is 13.8 Å². The Labute approximate surface area is 104 Å². The number of aryl methyl sites for hydroxylation is 1. The smallest absolute Gasteiger partial charge is 0.178 e. The first-order valence-corrected chi connectivity index (χ1v) is 5.47. The molecule has 0 amide bonds. The van der Waals surface area contributed by atoms with E-state index in [1.807, 2.05) is 0 Å². The molecule has 0 N–H and O–H groups in total. The van der Waals surface area contributed by atoms with E-state index in [1.54, 1.807) is 31.2 Å². The molecule has 4 heteroatoms. The molecule has 0 spiro atoms. The maximum absolute atomic E-state index is 13.3. The Kier molecular flexibility index (Phi) is 3.37. The molecule has 0 aliphatic rings. The summed E-state index contributed by atoms with van der Waals surface area (Å²) in [5.41, 5.74) is 0.935. The zero-order valence-electron chi connectivity index (χ0n) is 10.1. The van der Waals surface area contributed by atoms with E-state index < -0.39 is 0 Å². The predicted octanol–water partition coefficient (Wildman–Crippen LogP) is 3.52. The van der Waals surface area contributed by atoms with Gasteiger partial charge < -0.3 is 4.74 Å².